The van der Waals surface area contributed by atoms with Crippen LogP contribution in [0.1, 0.15) is 23.2 Å². The highest BCUT2D eigenvalue weighted by Crippen LogP contribution is 2.22. The molecule has 0 aliphatic carbocycles. The smallest absolute Gasteiger partial charge is 0.338 e. The van der Waals surface area contributed by atoms with Gasteiger partial charge in [-0.05, 0) is 31.0 Å². The van der Waals surface area contributed by atoms with Gasteiger partial charge in [0.25, 0.3) is 0 Å². The fourth-order valence-electron chi connectivity index (χ4n) is 1.43. The normalized spacial score (nSPS) is 10.1. The minimum atomic E-state index is -0.370. The molecule has 0 saturated carbocycles. The van der Waals surface area contributed by atoms with Crippen molar-refractivity contribution in [2.75, 3.05) is 33.2 Å². The Morgan fingerprint density at radius 3 is 2.61 bits per heavy atom. The van der Waals surface area contributed by atoms with Crippen molar-refractivity contribution in [2.45, 2.75) is 12.8 Å². The average Bonchev–Trinajstić information content (AvgIpc) is 2.38. The monoisotopic (exact) mass is 253 g/mol. The van der Waals surface area contributed by atoms with Gasteiger partial charge in [0.05, 0.1) is 25.0 Å². The van der Waals surface area contributed by atoms with E-state index in [2.05, 4.69) is 0 Å². The lowest BCUT2D eigenvalue weighted by molar-refractivity contribution is 0.0489. The van der Waals surface area contributed by atoms with Crippen molar-refractivity contribution in [1.29, 1.82) is 0 Å². The number of nitrogen functional groups attached to an aromatic ring is 1. The van der Waals surface area contributed by atoms with Crippen LogP contribution in [-0.2, 0) is 9.47 Å². The Morgan fingerprint density at radius 2 is 1.94 bits per heavy atom. The zero-order valence-electron chi connectivity index (χ0n) is 10.8. The molecular formula is C13H19NO4. The number of anilines is 1. The van der Waals surface area contributed by atoms with E-state index in [4.69, 9.17) is 19.9 Å². The summed E-state index contributed by atoms with van der Waals surface area (Å²) in [5, 5.41) is 0. The molecule has 5 heteroatoms. The van der Waals surface area contributed by atoms with E-state index < -0.39 is 0 Å². The Morgan fingerprint density at radius 1 is 1.22 bits per heavy atom. The summed E-state index contributed by atoms with van der Waals surface area (Å²) in [4.78, 5) is 11.7. The van der Waals surface area contributed by atoms with Crippen LogP contribution >= 0.6 is 0 Å². The maximum Gasteiger partial charge on any atom is 0.338 e. The summed E-state index contributed by atoms with van der Waals surface area (Å²) in [5.74, 6) is 0.106. The number of carbonyl (C=O) groups is 1. The van der Waals surface area contributed by atoms with Crippen molar-refractivity contribution < 1.29 is 19.0 Å². The molecule has 1 aromatic rings. The minimum Gasteiger partial charge on any atom is -0.495 e. The summed E-state index contributed by atoms with van der Waals surface area (Å²) in [6, 6.07) is 4.82. The summed E-state index contributed by atoms with van der Waals surface area (Å²) >= 11 is 0. The third-order valence-corrected chi connectivity index (χ3v) is 2.45. The molecule has 0 aromatic heterocycles. The van der Waals surface area contributed by atoms with Crippen LogP contribution in [0.4, 0.5) is 5.69 Å². The molecule has 1 rings (SSSR count). The number of esters is 1. The SMILES string of the molecule is COCCCCOC(=O)c1ccc(N)c(OC)c1. The van der Waals surface area contributed by atoms with Gasteiger partial charge in [-0.3, -0.25) is 0 Å². The van der Waals surface area contributed by atoms with Crippen LogP contribution in [-0.4, -0.2) is 33.4 Å². The second kappa shape index (κ2) is 7.55. The van der Waals surface area contributed by atoms with E-state index >= 15 is 0 Å². The zero-order chi connectivity index (χ0) is 13.4. The summed E-state index contributed by atoms with van der Waals surface area (Å²) in [7, 11) is 3.15. The van der Waals surface area contributed by atoms with E-state index in [1.807, 2.05) is 0 Å². The number of nitrogens with two attached hydrogens (primary N) is 1. The Bertz CT molecular complexity index is 393. The molecular weight excluding hydrogens is 234 g/mol. The van der Waals surface area contributed by atoms with E-state index in [1.165, 1.54) is 7.11 Å². The van der Waals surface area contributed by atoms with Gasteiger partial charge in [-0.25, -0.2) is 4.79 Å². The van der Waals surface area contributed by atoms with Gasteiger partial charge in [-0.15, -0.1) is 0 Å². The van der Waals surface area contributed by atoms with Crippen LogP contribution in [0.25, 0.3) is 0 Å². The first kappa shape index (κ1) is 14.3. The highest BCUT2D eigenvalue weighted by molar-refractivity contribution is 5.90. The number of ether oxygens (including phenoxy) is 3. The van der Waals surface area contributed by atoms with Crippen LogP contribution in [0.5, 0.6) is 5.75 Å². The van der Waals surface area contributed by atoms with Crippen LogP contribution in [0.15, 0.2) is 18.2 Å². The van der Waals surface area contributed by atoms with Gasteiger partial charge < -0.3 is 19.9 Å². The molecule has 0 spiro atoms. The Hall–Kier alpha value is -1.75. The van der Waals surface area contributed by atoms with E-state index in [9.17, 15) is 4.79 Å². The van der Waals surface area contributed by atoms with Crippen molar-refractivity contribution in [3.05, 3.63) is 23.8 Å². The lowest BCUT2D eigenvalue weighted by Gasteiger charge is -2.08. The zero-order valence-corrected chi connectivity index (χ0v) is 10.8. The van der Waals surface area contributed by atoms with E-state index in [-0.39, 0.29) is 5.97 Å². The van der Waals surface area contributed by atoms with Crippen molar-refractivity contribution in [3.63, 3.8) is 0 Å². The molecule has 0 amide bonds. The first-order chi connectivity index (χ1) is 8.69. The molecule has 1 aromatic carbocycles. The first-order valence-electron chi connectivity index (χ1n) is 5.78. The number of methoxy groups -OCH3 is 2. The molecule has 2 N–H and O–H groups in total. The molecule has 0 fully saturated rings. The predicted octanol–water partition coefficient (Wildman–Crippen LogP) is 1.86. The summed E-state index contributed by atoms with van der Waals surface area (Å²) in [5.41, 5.74) is 6.60. The third kappa shape index (κ3) is 4.25. The van der Waals surface area contributed by atoms with E-state index in [0.717, 1.165) is 12.8 Å². The Balaban J connectivity index is 2.46. The molecule has 0 saturated heterocycles. The summed E-state index contributed by atoms with van der Waals surface area (Å²) in [6.07, 6.45) is 1.65. The van der Waals surface area contributed by atoms with Gasteiger partial charge in [0, 0.05) is 13.7 Å². The largest absolute Gasteiger partial charge is 0.495 e. The van der Waals surface area contributed by atoms with Gasteiger partial charge in [0.2, 0.25) is 0 Å². The van der Waals surface area contributed by atoms with Crippen LogP contribution in [0, 0.1) is 0 Å². The maximum absolute atomic E-state index is 11.7. The third-order valence-electron chi connectivity index (χ3n) is 2.45. The van der Waals surface area contributed by atoms with Crippen molar-refractivity contribution in [3.8, 4) is 5.75 Å². The van der Waals surface area contributed by atoms with Gasteiger partial charge in [0.15, 0.2) is 0 Å². The number of rotatable bonds is 7. The molecule has 18 heavy (non-hydrogen) atoms. The Labute approximate surface area is 107 Å². The molecule has 0 radical (unpaired) electrons. The summed E-state index contributed by atoms with van der Waals surface area (Å²) < 4.78 is 15.1. The highest BCUT2D eigenvalue weighted by atomic mass is 16.5. The number of carbonyl (C=O) groups excluding carboxylic acids is 1. The van der Waals surface area contributed by atoms with Gasteiger partial charge in [0.1, 0.15) is 5.75 Å². The number of hydrogen-bond donors (Lipinski definition) is 1. The topological polar surface area (TPSA) is 70.8 Å². The van der Waals surface area contributed by atoms with Crippen molar-refractivity contribution in [2.24, 2.45) is 0 Å². The van der Waals surface area contributed by atoms with Crippen LogP contribution in [0.2, 0.25) is 0 Å². The van der Waals surface area contributed by atoms with Gasteiger partial charge >= 0.3 is 5.97 Å². The molecule has 0 aliphatic heterocycles. The number of benzene rings is 1. The van der Waals surface area contributed by atoms with Gasteiger partial charge in [-0.1, -0.05) is 0 Å². The van der Waals surface area contributed by atoms with E-state index in [0.29, 0.717) is 30.2 Å². The van der Waals surface area contributed by atoms with Crippen LogP contribution < -0.4 is 10.5 Å². The van der Waals surface area contributed by atoms with Crippen molar-refractivity contribution in [1.82, 2.24) is 0 Å². The standard InChI is InChI=1S/C13H19NO4/c1-16-7-3-4-8-18-13(15)10-5-6-11(14)12(9-10)17-2/h5-6,9H,3-4,7-8,14H2,1-2H3. The fourth-order valence-corrected chi connectivity index (χ4v) is 1.43. The highest BCUT2D eigenvalue weighted by Gasteiger charge is 2.09. The lowest BCUT2D eigenvalue weighted by Crippen LogP contribution is -2.07. The average molecular weight is 253 g/mol. The summed E-state index contributed by atoms with van der Waals surface area (Å²) in [6.45, 7) is 1.06. The first-order valence-corrected chi connectivity index (χ1v) is 5.78. The van der Waals surface area contributed by atoms with E-state index in [1.54, 1.807) is 25.3 Å². The number of unbranched alkanes of at least 4 members (excludes halogenated alkanes) is 1. The molecule has 100 valence electrons. The lowest BCUT2D eigenvalue weighted by atomic mass is 10.2. The Kier molecular flexibility index (Phi) is 6.00. The fraction of sp³-hybridized carbons (Fsp3) is 0.462. The maximum atomic E-state index is 11.7. The molecule has 5 nitrogen and oxygen atoms in total. The molecule has 0 bridgehead atoms. The number of hydrogen-bond acceptors (Lipinski definition) is 5. The van der Waals surface area contributed by atoms with Crippen molar-refractivity contribution >= 4 is 11.7 Å². The molecule has 0 heterocycles. The molecule has 0 unspecified atom stereocenters. The molecule has 0 atom stereocenters. The predicted molar refractivity (Wildman–Crippen MR) is 68.8 cm³/mol. The second-order valence-corrected chi connectivity index (χ2v) is 3.79. The second-order valence-electron chi connectivity index (χ2n) is 3.79. The minimum absolute atomic E-state index is 0.370. The van der Waals surface area contributed by atoms with Crippen LogP contribution in [0.3, 0.4) is 0 Å². The quantitative estimate of drug-likeness (QED) is 0.456. The molecule has 0 aliphatic rings. The van der Waals surface area contributed by atoms with Gasteiger partial charge in [-0.2, -0.15) is 0 Å².